The average Bonchev–Trinajstić information content (AvgIpc) is 3.18. The predicted octanol–water partition coefficient (Wildman–Crippen LogP) is 5.11. The van der Waals surface area contributed by atoms with E-state index in [2.05, 4.69) is 10.1 Å². The maximum atomic E-state index is 11.8. The topological polar surface area (TPSA) is 68.0 Å². The van der Waals surface area contributed by atoms with Gasteiger partial charge < -0.3 is 9.74 Å². The molecule has 1 unspecified atom stereocenters. The van der Waals surface area contributed by atoms with Crippen molar-refractivity contribution in [1.29, 1.82) is 0 Å². The van der Waals surface area contributed by atoms with Crippen LogP contribution in [0, 0.1) is 33.8 Å². The first kappa shape index (κ1) is 17.9. The number of oxime groups is 1. The van der Waals surface area contributed by atoms with Gasteiger partial charge in [-0.05, 0) is 61.8 Å². The summed E-state index contributed by atoms with van der Waals surface area (Å²) in [7, 11) is 0. The number of rotatable bonds is 4. The van der Waals surface area contributed by atoms with E-state index in [-0.39, 0.29) is 10.6 Å². The van der Waals surface area contributed by atoms with Crippen molar-refractivity contribution in [2.45, 2.75) is 44.4 Å². The number of benzene rings is 2. The molecule has 0 aromatic heterocycles. The van der Waals surface area contributed by atoms with Crippen LogP contribution < -0.4 is 0 Å². The standard InChI is InChI=1S/C24H25N3O3/c28-27(29)21-9-5-4-8-20(21)24-26(23(25-30-24)17-6-2-1-3-7-17)22-18-11-15-10-16(13-18)14-19(22)12-15/h1-9,15-16,18-19,22,24H,10-14H2. The summed E-state index contributed by atoms with van der Waals surface area (Å²) in [6, 6.07) is 17.4. The van der Waals surface area contributed by atoms with Gasteiger partial charge in [0.15, 0.2) is 5.84 Å². The maximum Gasteiger partial charge on any atom is 0.278 e. The van der Waals surface area contributed by atoms with Gasteiger partial charge in [0.05, 0.1) is 10.5 Å². The molecule has 2 aromatic rings. The van der Waals surface area contributed by atoms with Gasteiger partial charge in [-0.1, -0.05) is 47.6 Å². The van der Waals surface area contributed by atoms with Crippen molar-refractivity contribution in [1.82, 2.24) is 4.90 Å². The molecule has 4 bridgehead atoms. The molecular formula is C24H25N3O3. The molecule has 4 aliphatic carbocycles. The molecule has 2 aromatic carbocycles. The number of para-hydroxylation sites is 1. The Hall–Kier alpha value is -2.89. The quantitative estimate of drug-likeness (QED) is 0.525. The van der Waals surface area contributed by atoms with E-state index in [1.165, 1.54) is 32.1 Å². The highest BCUT2D eigenvalue weighted by molar-refractivity contribution is 5.99. The van der Waals surface area contributed by atoms with Crippen LogP contribution in [0.15, 0.2) is 59.8 Å². The Balaban J connectivity index is 1.44. The van der Waals surface area contributed by atoms with Crippen LogP contribution >= 0.6 is 0 Å². The molecule has 4 fully saturated rings. The Bertz CT molecular complexity index is 978. The number of amidine groups is 1. The second kappa shape index (κ2) is 6.83. The Morgan fingerprint density at radius 1 is 0.900 bits per heavy atom. The van der Waals surface area contributed by atoms with Gasteiger partial charge in [-0.15, -0.1) is 0 Å². The molecule has 7 rings (SSSR count). The number of nitrogens with zero attached hydrogens (tertiary/aromatic N) is 3. The Kier molecular flexibility index (Phi) is 4.08. The molecule has 0 N–H and O–H groups in total. The summed E-state index contributed by atoms with van der Waals surface area (Å²) >= 11 is 0. The summed E-state index contributed by atoms with van der Waals surface area (Å²) < 4.78 is 0. The minimum absolute atomic E-state index is 0.0980. The van der Waals surface area contributed by atoms with Gasteiger partial charge in [-0.25, -0.2) is 0 Å². The van der Waals surface area contributed by atoms with Gasteiger partial charge in [0.25, 0.3) is 5.69 Å². The molecule has 1 atom stereocenters. The summed E-state index contributed by atoms with van der Waals surface area (Å²) in [4.78, 5) is 19.7. The van der Waals surface area contributed by atoms with E-state index < -0.39 is 6.23 Å². The smallest absolute Gasteiger partial charge is 0.278 e. The third kappa shape index (κ3) is 2.73. The third-order valence-corrected chi connectivity index (χ3v) is 7.67. The van der Waals surface area contributed by atoms with Gasteiger partial charge in [-0.3, -0.25) is 10.1 Å². The first-order valence-corrected chi connectivity index (χ1v) is 11.0. The van der Waals surface area contributed by atoms with E-state index in [1.807, 2.05) is 42.5 Å². The molecule has 154 valence electrons. The fraction of sp³-hybridized carbons (Fsp3) is 0.458. The van der Waals surface area contributed by atoms with Crippen LogP contribution in [0.1, 0.15) is 49.5 Å². The summed E-state index contributed by atoms with van der Waals surface area (Å²) in [5, 5.41) is 16.3. The first-order valence-electron chi connectivity index (χ1n) is 11.0. The third-order valence-electron chi connectivity index (χ3n) is 7.67. The maximum absolute atomic E-state index is 11.8. The van der Waals surface area contributed by atoms with Crippen LogP contribution in [0.4, 0.5) is 5.69 Å². The first-order chi connectivity index (χ1) is 14.7. The second-order valence-electron chi connectivity index (χ2n) is 9.38. The highest BCUT2D eigenvalue weighted by Gasteiger charge is 2.54. The van der Waals surface area contributed by atoms with Crippen molar-refractivity contribution in [3.8, 4) is 0 Å². The number of hydrogen-bond donors (Lipinski definition) is 0. The molecule has 30 heavy (non-hydrogen) atoms. The van der Waals surface area contributed by atoms with Crippen molar-refractivity contribution in [2.75, 3.05) is 0 Å². The van der Waals surface area contributed by atoms with Gasteiger partial charge in [0.2, 0.25) is 6.23 Å². The number of nitro benzene ring substituents is 1. The van der Waals surface area contributed by atoms with E-state index >= 15 is 0 Å². The highest BCUT2D eigenvalue weighted by atomic mass is 16.7. The zero-order valence-electron chi connectivity index (χ0n) is 16.8. The second-order valence-corrected chi connectivity index (χ2v) is 9.38. The number of hydrogen-bond acceptors (Lipinski definition) is 5. The lowest BCUT2D eigenvalue weighted by molar-refractivity contribution is -0.386. The van der Waals surface area contributed by atoms with Crippen molar-refractivity contribution in [3.63, 3.8) is 0 Å². The molecule has 6 nitrogen and oxygen atoms in total. The fourth-order valence-electron chi connectivity index (χ4n) is 6.82. The molecule has 0 saturated heterocycles. The van der Waals surface area contributed by atoms with Crippen LogP contribution in [0.3, 0.4) is 0 Å². The van der Waals surface area contributed by atoms with Crippen molar-refractivity contribution in [2.24, 2.45) is 28.8 Å². The molecule has 4 saturated carbocycles. The van der Waals surface area contributed by atoms with E-state index in [0.29, 0.717) is 23.4 Å². The van der Waals surface area contributed by atoms with Crippen LogP contribution in [0.2, 0.25) is 0 Å². The fourth-order valence-corrected chi connectivity index (χ4v) is 6.82. The monoisotopic (exact) mass is 403 g/mol. The summed E-state index contributed by atoms with van der Waals surface area (Å²) in [5.41, 5.74) is 1.69. The Morgan fingerprint density at radius 3 is 2.20 bits per heavy atom. The van der Waals surface area contributed by atoms with Gasteiger partial charge in [0, 0.05) is 17.7 Å². The summed E-state index contributed by atoms with van der Waals surface area (Å²) in [6.07, 6.45) is 5.90. The lowest BCUT2D eigenvalue weighted by atomic mass is 9.53. The zero-order valence-corrected chi connectivity index (χ0v) is 16.8. The number of nitro groups is 1. The van der Waals surface area contributed by atoms with Gasteiger partial charge in [0.1, 0.15) is 0 Å². The lowest BCUT2D eigenvalue weighted by Crippen LogP contribution is -2.57. The molecule has 5 aliphatic rings. The largest absolute Gasteiger partial charge is 0.363 e. The zero-order chi connectivity index (χ0) is 20.2. The molecular weight excluding hydrogens is 378 g/mol. The van der Waals surface area contributed by atoms with E-state index in [4.69, 9.17) is 4.84 Å². The van der Waals surface area contributed by atoms with Gasteiger partial charge >= 0.3 is 0 Å². The van der Waals surface area contributed by atoms with E-state index in [1.54, 1.807) is 12.1 Å². The van der Waals surface area contributed by atoms with Gasteiger partial charge in [-0.2, -0.15) is 0 Å². The average molecular weight is 403 g/mol. The van der Waals surface area contributed by atoms with Crippen LogP contribution in [0.5, 0.6) is 0 Å². The predicted molar refractivity (Wildman–Crippen MR) is 113 cm³/mol. The van der Waals surface area contributed by atoms with Crippen molar-refractivity contribution in [3.05, 3.63) is 75.8 Å². The van der Waals surface area contributed by atoms with E-state index in [0.717, 1.165) is 23.2 Å². The summed E-state index contributed by atoms with van der Waals surface area (Å²) in [6.45, 7) is 0. The van der Waals surface area contributed by atoms with Crippen LogP contribution in [-0.2, 0) is 4.84 Å². The van der Waals surface area contributed by atoms with Crippen molar-refractivity contribution >= 4 is 11.5 Å². The SMILES string of the molecule is O=[N+]([O-])c1ccccc1C1ON=C(c2ccccc2)N1C1C2CC3CC(C2)CC1C3. The molecule has 0 amide bonds. The summed E-state index contributed by atoms with van der Waals surface area (Å²) in [5.74, 6) is 3.75. The normalized spacial score (nSPS) is 34.0. The minimum Gasteiger partial charge on any atom is -0.363 e. The van der Waals surface area contributed by atoms with Crippen molar-refractivity contribution < 1.29 is 9.76 Å². The molecule has 6 heteroatoms. The molecule has 0 radical (unpaired) electrons. The Labute approximate surface area is 175 Å². The Morgan fingerprint density at radius 2 is 1.53 bits per heavy atom. The lowest BCUT2D eigenvalue weighted by Gasteiger charge is -2.57. The van der Waals surface area contributed by atoms with Crippen LogP contribution in [0.25, 0.3) is 0 Å². The molecule has 1 aliphatic heterocycles. The highest BCUT2D eigenvalue weighted by Crippen LogP contribution is 2.57. The van der Waals surface area contributed by atoms with Crippen LogP contribution in [-0.4, -0.2) is 21.7 Å². The van der Waals surface area contributed by atoms with E-state index in [9.17, 15) is 10.1 Å². The molecule has 0 spiro atoms. The molecule has 1 heterocycles. The minimum atomic E-state index is -0.552.